The first-order valence-corrected chi connectivity index (χ1v) is 34.0. The Bertz CT molecular complexity index is 1110. The number of aliphatic hydroxyl groups is 2. The molecule has 0 radical (unpaired) electrons. The molecule has 0 saturated carbocycles. The van der Waals surface area contributed by atoms with Crippen LogP contribution in [0.4, 0.5) is 0 Å². The molecule has 74 heavy (non-hydrogen) atoms. The topological polar surface area (TPSA) is 95.9 Å². The maximum Gasteiger partial charge on any atom is 0.305 e. The van der Waals surface area contributed by atoms with Crippen LogP contribution < -0.4 is 5.32 Å². The number of nitrogens with one attached hydrogen (secondary N) is 1. The Hall–Kier alpha value is -1.40. The molecular weight excluding hydrogens is 911 g/mol. The molecule has 3 N–H and O–H groups in total. The van der Waals surface area contributed by atoms with Crippen LogP contribution in [0, 0.1) is 0 Å². The van der Waals surface area contributed by atoms with Crippen molar-refractivity contribution in [1.82, 2.24) is 5.32 Å². The van der Waals surface area contributed by atoms with Crippen molar-refractivity contribution in [2.45, 2.75) is 398 Å². The Kier molecular flexibility index (Phi) is 62.9. The second kappa shape index (κ2) is 64.1. The Morgan fingerprint density at radius 1 is 0.365 bits per heavy atom. The number of hydrogen-bond donors (Lipinski definition) is 3. The lowest BCUT2D eigenvalue weighted by Gasteiger charge is -2.20. The number of ether oxygens (including phenoxy) is 1. The molecule has 0 aliphatic rings. The van der Waals surface area contributed by atoms with Gasteiger partial charge in [0.1, 0.15) is 0 Å². The minimum absolute atomic E-state index is 0.0154. The Balaban J connectivity index is 3.40. The van der Waals surface area contributed by atoms with Gasteiger partial charge < -0.3 is 20.3 Å². The molecule has 2 atom stereocenters. The van der Waals surface area contributed by atoms with E-state index in [0.717, 1.165) is 38.5 Å². The predicted molar refractivity (Wildman–Crippen MR) is 324 cm³/mol. The van der Waals surface area contributed by atoms with Gasteiger partial charge in [-0.1, -0.05) is 353 Å². The van der Waals surface area contributed by atoms with Gasteiger partial charge in [0.05, 0.1) is 25.4 Å². The number of unbranched alkanes of at least 4 members (excludes halogenated alkanes) is 53. The average molecular weight is 1040 g/mol. The molecule has 0 spiro atoms. The van der Waals surface area contributed by atoms with Crippen molar-refractivity contribution in [2.24, 2.45) is 0 Å². The SMILES string of the molecule is CCCCCCCCCCCCCCCCCCCCC/C=C/C(O)C(CO)NC(=O)CCCCCCCCCCCCCCCCCCCCCCCOC(=O)CCCCCCCCCCCCCCCCC. The number of hydrogen-bond acceptors (Lipinski definition) is 5. The molecule has 0 aliphatic heterocycles. The molecule has 2 unspecified atom stereocenters. The van der Waals surface area contributed by atoms with Gasteiger partial charge in [-0.05, 0) is 32.1 Å². The van der Waals surface area contributed by atoms with Gasteiger partial charge in [-0.2, -0.15) is 0 Å². The second-order valence-corrected chi connectivity index (χ2v) is 23.5. The Morgan fingerprint density at radius 2 is 0.622 bits per heavy atom. The summed E-state index contributed by atoms with van der Waals surface area (Å²) in [5, 5.41) is 23.2. The molecule has 1 amide bonds. The van der Waals surface area contributed by atoms with Gasteiger partial charge in [-0.3, -0.25) is 9.59 Å². The smallest absolute Gasteiger partial charge is 0.305 e. The van der Waals surface area contributed by atoms with Gasteiger partial charge in [0, 0.05) is 12.8 Å². The van der Waals surface area contributed by atoms with Crippen LogP contribution in [0.5, 0.6) is 0 Å². The lowest BCUT2D eigenvalue weighted by atomic mass is 10.0. The highest BCUT2D eigenvalue weighted by Crippen LogP contribution is 2.19. The monoisotopic (exact) mass is 1040 g/mol. The lowest BCUT2D eigenvalue weighted by Crippen LogP contribution is -2.45. The Labute approximate surface area is 463 Å². The minimum Gasteiger partial charge on any atom is -0.466 e. The summed E-state index contributed by atoms with van der Waals surface area (Å²) in [7, 11) is 0. The van der Waals surface area contributed by atoms with Crippen molar-refractivity contribution in [2.75, 3.05) is 13.2 Å². The highest BCUT2D eigenvalue weighted by atomic mass is 16.5. The third kappa shape index (κ3) is 59.8. The predicted octanol–water partition coefficient (Wildman–Crippen LogP) is 21.6. The van der Waals surface area contributed by atoms with E-state index in [1.807, 2.05) is 6.08 Å². The molecule has 0 aliphatic carbocycles. The molecule has 0 bridgehead atoms. The van der Waals surface area contributed by atoms with Crippen LogP contribution >= 0.6 is 0 Å². The summed E-state index contributed by atoms with van der Waals surface area (Å²) in [4.78, 5) is 24.6. The van der Waals surface area contributed by atoms with E-state index in [4.69, 9.17) is 4.74 Å². The number of carbonyl (C=O) groups excluding carboxylic acids is 2. The van der Waals surface area contributed by atoms with E-state index < -0.39 is 12.1 Å². The zero-order valence-corrected chi connectivity index (χ0v) is 50.4. The van der Waals surface area contributed by atoms with Crippen molar-refractivity contribution in [3.63, 3.8) is 0 Å². The quantitative estimate of drug-likeness (QED) is 0.0320. The first kappa shape index (κ1) is 72.6. The summed E-state index contributed by atoms with van der Waals surface area (Å²) in [6.45, 7) is 4.94. The van der Waals surface area contributed by atoms with Crippen LogP contribution in [-0.4, -0.2) is 47.4 Å². The zero-order valence-electron chi connectivity index (χ0n) is 50.4. The van der Waals surface area contributed by atoms with Gasteiger partial charge in [-0.25, -0.2) is 0 Å². The van der Waals surface area contributed by atoms with Crippen LogP contribution in [0.1, 0.15) is 386 Å². The van der Waals surface area contributed by atoms with E-state index in [1.165, 1.54) is 321 Å². The summed E-state index contributed by atoms with van der Waals surface area (Å²) in [5.41, 5.74) is 0. The first-order chi connectivity index (χ1) is 36.5. The van der Waals surface area contributed by atoms with Gasteiger partial charge in [0.15, 0.2) is 0 Å². The zero-order chi connectivity index (χ0) is 53.6. The van der Waals surface area contributed by atoms with Crippen LogP contribution in [0.2, 0.25) is 0 Å². The molecule has 440 valence electrons. The second-order valence-electron chi connectivity index (χ2n) is 23.5. The third-order valence-corrected chi connectivity index (χ3v) is 16.1. The number of aliphatic hydroxyl groups excluding tert-OH is 2. The van der Waals surface area contributed by atoms with Crippen molar-refractivity contribution in [3.05, 3.63) is 12.2 Å². The van der Waals surface area contributed by atoms with E-state index in [0.29, 0.717) is 19.4 Å². The lowest BCUT2D eigenvalue weighted by molar-refractivity contribution is -0.143. The fraction of sp³-hybridized carbons (Fsp3) is 0.941. The van der Waals surface area contributed by atoms with Gasteiger partial charge in [-0.15, -0.1) is 0 Å². The molecule has 0 saturated heterocycles. The largest absolute Gasteiger partial charge is 0.466 e. The number of esters is 1. The molecule has 0 fully saturated rings. The number of allylic oxidation sites excluding steroid dienone is 1. The maximum absolute atomic E-state index is 12.5. The van der Waals surface area contributed by atoms with E-state index in [1.54, 1.807) is 6.08 Å². The molecular formula is C68H133NO5. The Morgan fingerprint density at radius 3 is 0.919 bits per heavy atom. The average Bonchev–Trinajstić information content (AvgIpc) is 3.40. The van der Waals surface area contributed by atoms with E-state index in [-0.39, 0.29) is 18.5 Å². The van der Waals surface area contributed by atoms with Crippen LogP contribution in [0.3, 0.4) is 0 Å². The molecule has 0 rings (SSSR count). The van der Waals surface area contributed by atoms with Crippen LogP contribution in [0.15, 0.2) is 12.2 Å². The summed E-state index contributed by atoms with van der Waals surface area (Å²) in [6, 6.07) is -0.629. The molecule has 0 heterocycles. The van der Waals surface area contributed by atoms with E-state index >= 15 is 0 Å². The normalized spacial score (nSPS) is 12.5. The fourth-order valence-electron chi connectivity index (χ4n) is 10.9. The standard InChI is InChI=1S/C68H133NO5/c1-3-5-7-9-11-13-15-17-19-20-21-23-26-29-33-36-40-44-48-52-56-60-66(71)65(64-70)69-67(72)61-57-53-49-45-41-37-34-30-27-24-22-25-28-31-35-39-43-47-51-55-59-63-74-68(73)62-58-54-50-46-42-38-32-18-16-14-12-10-8-6-4-2/h56,60,65-66,70-71H,3-55,57-59,61-64H2,1-2H3,(H,69,72)/b60-56+. The third-order valence-electron chi connectivity index (χ3n) is 16.1. The first-order valence-electron chi connectivity index (χ1n) is 34.0. The van der Waals surface area contributed by atoms with Crippen molar-refractivity contribution >= 4 is 11.9 Å². The van der Waals surface area contributed by atoms with Crippen LogP contribution in [0.25, 0.3) is 0 Å². The molecule has 0 aromatic carbocycles. The maximum atomic E-state index is 12.5. The van der Waals surface area contributed by atoms with Gasteiger partial charge in [0.2, 0.25) is 5.91 Å². The molecule has 6 heteroatoms. The summed E-state index contributed by atoms with van der Waals surface area (Å²) >= 11 is 0. The number of carbonyl (C=O) groups is 2. The van der Waals surface area contributed by atoms with Crippen molar-refractivity contribution in [1.29, 1.82) is 0 Å². The van der Waals surface area contributed by atoms with E-state index in [2.05, 4.69) is 19.2 Å². The molecule has 0 aromatic heterocycles. The number of amides is 1. The van der Waals surface area contributed by atoms with Gasteiger partial charge >= 0.3 is 5.97 Å². The summed E-state index contributed by atoms with van der Waals surface area (Å²) in [5.74, 6) is -0.0491. The van der Waals surface area contributed by atoms with E-state index in [9.17, 15) is 19.8 Å². The molecule has 6 nitrogen and oxygen atoms in total. The van der Waals surface area contributed by atoms with Crippen LogP contribution in [-0.2, 0) is 14.3 Å². The molecule has 0 aromatic rings. The van der Waals surface area contributed by atoms with Crippen molar-refractivity contribution in [3.8, 4) is 0 Å². The minimum atomic E-state index is -0.845. The highest BCUT2D eigenvalue weighted by molar-refractivity contribution is 5.76. The summed E-state index contributed by atoms with van der Waals surface area (Å²) < 4.78 is 5.50. The summed E-state index contributed by atoms with van der Waals surface area (Å²) in [6.07, 6.45) is 78.4. The highest BCUT2D eigenvalue weighted by Gasteiger charge is 2.18. The van der Waals surface area contributed by atoms with Gasteiger partial charge in [0.25, 0.3) is 0 Å². The fourth-order valence-corrected chi connectivity index (χ4v) is 10.9. The number of rotatable bonds is 64. The van der Waals surface area contributed by atoms with Crippen molar-refractivity contribution < 1.29 is 24.5 Å².